The topological polar surface area (TPSA) is 71.8 Å². The minimum Gasteiger partial charge on any atom is -0.332 e. The summed E-state index contributed by atoms with van der Waals surface area (Å²) in [5, 5.41) is 10.2. The van der Waals surface area contributed by atoms with Gasteiger partial charge in [0.05, 0.1) is 24.0 Å². The predicted octanol–water partition coefficient (Wildman–Crippen LogP) is 3.27. The number of urea groups is 1. The van der Waals surface area contributed by atoms with Gasteiger partial charge in [-0.15, -0.1) is 0 Å². The van der Waals surface area contributed by atoms with Gasteiger partial charge in [0, 0.05) is 25.0 Å². The number of pyridine rings is 1. The number of amides is 2. The fraction of sp³-hybridized carbons (Fsp3) is 0.250. The zero-order valence-electron chi connectivity index (χ0n) is 15.2. The zero-order chi connectivity index (χ0) is 18.5. The Morgan fingerprint density at radius 1 is 1.12 bits per heavy atom. The lowest BCUT2D eigenvalue weighted by Gasteiger charge is -2.21. The molecule has 2 atom stereocenters. The number of aromatic nitrogens is 3. The Balaban J connectivity index is 1.78. The van der Waals surface area contributed by atoms with Gasteiger partial charge in [-0.3, -0.25) is 9.67 Å². The van der Waals surface area contributed by atoms with E-state index in [-0.39, 0.29) is 18.1 Å². The van der Waals surface area contributed by atoms with E-state index in [0.29, 0.717) is 0 Å². The summed E-state index contributed by atoms with van der Waals surface area (Å²) in [6, 6.07) is 13.0. The highest BCUT2D eigenvalue weighted by Crippen LogP contribution is 2.21. The van der Waals surface area contributed by atoms with Gasteiger partial charge in [0.1, 0.15) is 0 Å². The van der Waals surface area contributed by atoms with Crippen molar-refractivity contribution in [1.29, 1.82) is 0 Å². The normalized spacial score (nSPS) is 13.0. The largest absolute Gasteiger partial charge is 0.332 e. The molecule has 0 aliphatic rings. The lowest BCUT2D eigenvalue weighted by atomic mass is 10.0. The summed E-state index contributed by atoms with van der Waals surface area (Å²) >= 11 is 0. The highest BCUT2D eigenvalue weighted by Gasteiger charge is 2.19. The molecule has 6 nitrogen and oxygen atoms in total. The van der Waals surface area contributed by atoms with Crippen LogP contribution in [0.4, 0.5) is 4.79 Å². The molecular formula is C20H23N5O. The molecule has 0 saturated heterocycles. The predicted molar refractivity (Wildman–Crippen MR) is 101 cm³/mol. The van der Waals surface area contributed by atoms with E-state index >= 15 is 0 Å². The first kappa shape index (κ1) is 17.7. The Labute approximate surface area is 153 Å². The fourth-order valence-corrected chi connectivity index (χ4v) is 2.84. The Morgan fingerprint density at radius 2 is 1.96 bits per heavy atom. The standard InChI is InChI=1S/C20H23N5O/c1-14-7-6-8-16(11-14)19(18-9-4-5-10-21-18)24-20(26)23-15(2)17-12-22-25(3)13-17/h4-13,15,19H,1-3H3,(H2,23,24,26)/t15-,19+/m1/s1. The number of carbonyl (C=O) groups is 1. The Kier molecular flexibility index (Phi) is 5.31. The second-order valence-electron chi connectivity index (χ2n) is 6.39. The van der Waals surface area contributed by atoms with Crippen LogP contribution in [0.1, 0.15) is 41.4 Å². The summed E-state index contributed by atoms with van der Waals surface area (Å²) in [6.45, 7) is 3.96. The van der Waals surface area contributed by atoms with E-state index in [2.05, 4.69) is 26.8 Å². The summed E-state index contributed by atoms with van der Waals surface area (Å²) < 4.78 is 1.72. The van der Waals surface area contributed by atoms with E-state index in [4.69, 9.17) is 0 Å². The summed E-state index contributed by atoms with van der Waals surface area (Å²) in [5.41, 5.74) is 3.87. The maximum Gasteiger partial charge on any atom is 0.316 e. The Hall–Kier alpha value is -3.15. The third-order valence-electron chi connectivity index (χ3n) is 4.21. The molecular weight excluding hydrogens is 326 g/mol. The minimum atomic E-state index is -0.322. The van der Waals surface area contributed by atoms with Gasteiger partial charge in [-0.05, 0) is 31.5 Å². The summed E-state index contributed by atoms with van der Waals surface area (Å²) in [5.74, 6) is 0. The van der Waals surface area contributed by atoms with E-state index in [1.807, 2.05) is 63.5 Å². The van der Waals surface area contributed by atoms with E-state index in [1.54, 1.807) is 17.1 Å². The number of hydrogen-bond donors (Lipinski definition) is 2. The van der Waals surface area contributed by atoms with Gasteiger partial charge in [-0.2, -0.15) is 5.10 Å². The zero-order valence-corrected chi connectivity index (χ0v) is 15.2. The molecule has 2 heterocycles. The van der Waals surface area contributed by atoms with Crippen LogP contribution in [-0.2, 0) is 7.05 Å². The number of hydrogen-bond acceptors (Lipinski definition) is 3. The molecule has 26 heavy (non-hydrogen) atoms. The van der Waals surface area contributed by atoms with E-state index in [1.165, 1.54) is 0 Å². The molecule has 0 fully saturated rings. The van der Waals surface area contributed by atoms with Crippen LogP contribution in [0.2, 0.25) is 0 Å². The Morgan fingerprint density at radius 3 is 2.62 bits per heavy atom. The molecule has 134 valence electrons. The van der Waals surface area contributed by atoms with Crippen molar-refractivity contribution in [2.24, 2.45) is 7.05 Å². The SMILES string of the molecule is Cc1cccc([C@H](NC(=O)N[C@H](C)c2cnn(C)c2)c2ccccn2)c1. The van der Waals surface area contributed by atoms with Crippen molar-refractivity contribution in [2.45, 2.75) is 25.9 Å². The number of carbonyl (C=O) groups excluding carboxylic acids is 1. The molecule has 3 aromatic rings. The average Bonchev–Trinajstić information content (AvgIpc) is 3.07. The first-order valence-corrected chi connectivity index (χ1v) is 8.56. The van der Waals surface area contributed by atoms with Gasteiger partial charge in [0.15, 0.2) is 0 Å². The maximum absolute atomic E-state index is 12.6. The average molecular weight is 349 g/mol. The van der Waals surface area contributed by atoms with Crippen molar-refractivity contribution < 1.29 is 4.79 Å². The van der Waals surface area contributed by atoms with Gasteiger partial charge >= 0.3 is 6.03 Å². The summed E-state index contributed by atoms with van der Waals surface area (Å²) in [6.07, 6.45) is 5.37. The van der Waals surface area contributed by atoms with E-state index in [9.17, 15) is 4.79 Å². The highest BCUT2D eigenvalue weighted by atomic mass is 16.2. The van der Waals surface area contributed by atoms with Crippen LogP contribution in [0.5, 0.6) is 0 Å². The number of aryl methyl sites for hydroxylation is 2. The maximum atomic E-state index is 12.6. The molecule has 0 unspecified atom stereocenters. The van der Waals surface area contributed by atoms with Crippen molar-refractivity contribution in [3.05, 3.63) is 83.4 Å². The van der Waals surface area contributed by atoms with Gasteiger partial charge in [0.25, 0.3) is 0 Å². The third kappa shape index (κ3) is 4.27. The van der Waals surface area contributed by atoms with Crippen LogP contribution in [0.25, 0.3) is 0 Å². The molecule has 0 spiro atoms. The second kappa shape index (κ2) is 7.82. The second-order valence-corrected chi connectivity index (χ2v) is 6.39. The molecule has 2 N–H and O–H groups in total. The fourth-order valence-electron chi connectivity index (χ4n) is 2.84. The van der Waals surface area contributed by atoms with Crippen LogP contribution in [0.3, 0.4) is 0 Å². The van der Waals surface area contributed by atoms with Crippen molar-refractivity contribution in [3.8, 4) is 0 Å². The van der Waals surface area contributed by atoms with Crippen LogP contribution in [0.15, 0.2) is 61.1 Å². The summed E-state index contributed by atoms with van der Waals surface area (Å²) in [7, 11) is 1.85. The highest BCUT2D eigenvalue weighted by molar-refractivity contribution is 5.75. The molecule has 2 aromatic heterocycles. The molecule has 2 amide bonds. The first-order valence-electron chi connectivity index (χ1n) is 8.56. The van der Waals surface area contributed by atoms with Crippen molar-refractivity contribution in [1.82, 2.24) is 25.4 Å². The molecule has 3 rings (SSSR count). The first-order chi connectivity index (χ1) is 12.5. The number of nitrogens with one attached hydrogen (secondary N) is 2. The molecule has 0 radical (unpaired) electrons. The molecule has 6 heteroatoms. The molecule has 0 saturated carbocycles. The quantitative estimate of drug-likeness (QED) is 0.742. The van der Waals surface area contributed by atoms with Crippen molar-refractivity contribution in [3.63, 3.8) is 0 Å². The number of rotatable bonds is 5. The van der Waals surface area contributed by atoms with Crippen LogP contribution in [0, 0.1) is 6.92 Å². The van der Waals surface area contributed by atoms with E-state index in [0.717, 1.165) is 22.4 Å². The van der Waals surface area contributed by atoms with Crippen molar-refractivity contribution >= 4 is 6.03 Å². The Bertz CT molecular complexity index is 875. The smallest absolute Gasteiger partial charge is 0.316 e. The van der Waals surface area contributed by atoms with Gasteiger partial charge < -0.3 is 10.6 Å². The lowest BCUT2D eigenvalue weighted by Crippen LogP contribution is -2.39. The number of nitrogens with zero attached hydrogens (tertiary/aromatic N) is 3. The lowest BCUT2D eigenvalue weighted by molar-refractivity contribution is 0.235. The monoisotopic (exact) mass is 349 g/mol. The van der Waals surface area contributed by atoms with Gasteiger partial charge in [-0.1, -0.05) is 35.9 Å². The van der Waals surface area contributed by atoms with Crippen LogP contribution >= 0.6 is 0 Å². The van der Waals surface area contributed by atoms with E-state index < -0.39 is 0 Å². The molecule has 1 aromatic carbocycles. The molecule has 0 aliphatic heterocycles. The summed E-state index contributed by atoms with van der Waals surface area (Å²) in [4.78, 5) is 17.0. The molecule has 0 bridgehead atoms. The third-order valence-corrected chi connectivity index (χ3v) is 4.21. The number of benzene rings is 1. The minimum absolute atomic E-state index is 0.148. The van der Waals surface area contributed by atoms with Crippen LogP contribution < -0.4 is 10.6 Å². The van der Waals surface area contributed by atoms with Crippen molar-refractivity contribution in [2.75, 3.05) is 0 Å². The molecule has 0 aliphatic carbocycles. The van der Waals surface area contributed by atoms with Gasteiger partial charge in [0.2, 0.25) is 0 Å². The van der Waals surface area contributed by atoms with Crippen LogP contribution in [-0.4, -0.2) is 20.8 Å². The van der Waals surface area contributed by atoms with Gasteiger partial charge in [-0.25, -0.2) is 4.79 Å².